The molecule has 0 spiro atoms. The van der Waals surface area contributed by atoms with Gasteiger partial charge in [-0.25, -0.2) is 4.39 Å². The molecular weight excluding hydrogens is 269 g/mol. The molecule has 2 N–H and O–H groups in total. The molecule has 0 radical (unpaired) electrons. The Bertz CT molecular complexity index is 543. The second kappa shape index (κ2) is 8.43. The molecule has 0 bridgehead atoms. The van der Waals surface area contributed by atoms with Gasteiger partial charge in [0.25, 0.3) is 5.91 Å². The zero-order valence-electron chi connectivity index (χ0n) is 12.7. The van der Waals surface area contributed by atoms with Crippen LogP contribution < -0.4 is 5.32 Å². The Morgan fingerprint density at radius 1 is 1.33 bits per heavy atom. The molecule has 114 valence electrons. The van der Waals surface area contributed by atoms with Crippen LogP contribution in [0.4, 0.5) is 4.39 Å². The van der Waals surface area contributed by atoms with E-state index < -0.39 is 5.82 Å². The lowest BCUT2D eigenvalue weighted by atomic mass is 10.0. The van der Waals surface area contributed by atoms with Crippen molar-refractivity contribution < 1.29 is 14.3 Å². The predicted molar refractivity (Wildman–Crippen MR) is 81.4 cm³/mol. The summed E-state index contributed by atoms with van der Waals surface area (Å²) in [5.41, 5.74) is 0.617. The normalized spacial score (nSPS) is 11.7. The smallest absolute Gasteiger partial charge is 0.252 e. The van der Waals surface area contributed by atoms with E-state index in [1.807, 2.05) is 6.92 Å². The molecule has 1 atom stereocenters. The standard InChI is InChI=1S/C17H22FNO2/c1-12(2)6-7-13(3)19-17(21)16-11-15(18)9-8-14(16)5-4-10-20/h8-9,11-13,20H,6-7,10H2,1-3H3,(H,19,21). The number of hydrogen-bond donors (Lipinski definition) is 2. The summed E-state index contributed by atoms with van der Waals surface area (Å²) in [6.45, 7) is 5.88. The number of halogens is 1. The molecule has 0 saturated carbocycles. The molecule has 0 aliphatic heterocycles. The lowest BCUT2D eigenvalue weighted by Crippen LogP contribution is -2.33. The van der Waals surface area contributed by atoms with Gasteiger partial charge in [-0.15, -0.1) is 0 Å². The summed E-state index contributed by atoms with van der Waals surface area (Å²) in [4.78, 5) is 12.2. The third-order valence-corrected chi connectivity index (χ3v) is 3.08. The minimum atomic E-state index is -0.482. The van der Waals surface area contributed by atoms with Crippen molar-refractivity contribution in [1.29, 1.82) is 0 Å². The van der Waals surface area contributed by atoms with Crippen molar-refractivity contribution in [3.05, 3.63) is 35.1 Å². The lowest BCUT2D eigenvalue weighted by Gasteiger charge is -2.15. The Kier molecular flexibility index (Phi) is 6.90. The summed E-state index contributed by atoms with van der Waals surface area (Å²) in [5.74, 6) is 4.89. The quantitative estimate of drug-likeness (QED) is 0.820. The molecule has 0 heterocycles. The number of carbonyl (C=O) groups excluding carboxylic acids is 1. The second-order valence-electron chi connectivity index (χ2n) is 5.50. The predicted octanol–water partition coefficient (Wildman–Crippen LogP) is 2.72. The van der Waals surface area contributed by atoms with Crippen molar-refractivity contribution >= 4 is 5.91 Å². The van der Waals surface area contributed by atoms with Crippen LogP contribution in [0.1, 0.15) is 49.5 Å². The van der Waals surface area contributed by atoms with Gasteiger partial charge in [-0.1, -0.05) is 25.7 Å². The van der Waals surface area contributed by atoms with E-state index in [9.17, 15) is 9.18 Å². The van der Waals surface area contributed by atoms with Crippen LogP contribution >= 0.6 is 0 Å². The van der Waals surface area contributed by atoms with Crippen molar-refractivity contribution in [3.8, 4) is 11.8 Å². The zero-order valence-corrected chi connectivity index (χ0v) is 12.7. The second-order valence-corrected chi connectivity index (χ2v) is 5.50. The molecule has 1 unspecified atom stereocenters. The number of rotatable bonds is 5. The minimum absolute atomic E-state index is 0.0156. The Hall–Kier alpha value is -1.86. The van der Waals surface area contributed by atoms with Crippen molar-refractivity contribution in [2.24, 2.45) is 5.92 Å². The van der Waals surface area contributed by atoms with Crippen LogP contribution in [0.3, 0.4) is 0 Å². The van der Waals surface area contributed by atoms with Gasteiger partial charge < -0.3 is 10.4 Å². The average Bonchev–Trinajstić information content (AvgIpc) is 2.43. The van der Waals surface area contributed by atoms with Gasteiger partial charge in [0.15, 0.2) is 0 Å². The molecule has 4 heteroatoms. The summed E-state index contributed by atoms with van der Waals surface area (Å²) < 4.78 is 13.3. The fourth-order valence-corrected chi connectivity index (χ4v) is 1.91. The van der Waals surface area contributed by atoms with Crippen molar-refractivity contribution in [3.63, 3.8) is 0 Å². The molecule has 0 aliphatic rings. The van der Waals surface area contributed by atoms with Crippen molar-refractivity contribution in [2.75, 3.05) is 6.61 Å². The molecule has 1 aromatic rings. The first-order valence-electron chi connectivity index (χ1n) is 7.14. The van der Waals surface area contributed by atoms with Crippen LogP contribution in [-0.2, 0) is 0 Å². The summed E-state index contributed by atoms with van der Waals surface area (Å²) in [6.07, 6.45) is 1.89. The highest BCUT2D eigenvalue weighted by molar-refractivity contribution is 5.96. The van der Waals surface area contributed by atoms with Crippen LogP contribution in [0, 0.1) is 23.6 Å². The maximum atomic E-state index is 13.3. The maximum absolute atomic E-state index is 13.3. The van der Waals surface area contributed by atoms with E-state index in [-0.39, 0.29) is 24.1 Å². The van der Waals surface area contributed by atoms with E-state index in [1.54, 1.807) is 0 Å². The van der Waals surface area contributed by atoms with E-state index >= 15 is 0 Å². The maximum Gasteiger partial charge on any atom is 0.252 e. The van der Waals surface area contributed by atoms with Crippen LogP contribution in [0.2, 0.25) is 0 Å². The van der Waals surface area contributed by atoms with Gasteiger partial charge in [-0.3, -0.25) is 4.79 Å². The van der Waals surface area contributed by atoms with Gasteiger partial charge in [0, 0.05) is 11.6 Å². The average molecular weight is 291 g/mol. The molecule has 3 nitrogen and oxygen atoms in total. The fraction of sp³-hybridized carbons (Fsp3) is 0.471. The number of carbonyl (C=O) groups is 1. The number of benzene rings is 1. The first kappa shape index (κ1) is 17.2. The number of hydrogen-bond acceptors (Lipinski definition) is 2. The van der Waals surface area contributed by atoms with E-state index in [2.05, 4.69) is 31.0 Å². The first-order chi connectivity index (χ1) is 9.93. The molecule has 0 aromatic heterocycles. The number of aliphatic hydroxyl groups excluding tert-OH is 1. The summed E-state index contributed by atoms with van der Waals surface area (Å²) >= 11 is 0. The van der Waals surface area contributed by atoms with Crippen molar-refractivity contribution in [2.45, 2.75) is 39.7 Å². The van der Waals surface area contributed by atoms with Crippen LogP contribution in [0.5, 0.6) is 0 Å². The Labute approximate surface area is 125 Å². The highest BCUT2D eigenvalue weighted by Gasteiger charge is 2.14. The molecule has 1 rings (SSSR count). The fourth-order valence-electron chi connectivity index (χ4n) is 1.91. The topological polar surface area (TPSA) is 49.3 Å². The molecular formula is C17H22FNO2. The van der Waals surface area contributed by atoms with Crippen LogP contribution in [0.25, 0.3) is 0 Å². The lowest BCUT2D eigenvalue weighted by molar-refractivity contribution is 0.0936. The zero-order chi connectivity index (χ0) is 15.8. The molecule has 0 fully saturated rings. The minimum Gasteiger partial charge on any atom is -0.384 e. The molecule has 21 heavy (non-hydrogen) atoms. The van der Waals surface area contributed by atoms with Gasteiger partial charge in [0.05, 0.1) is 5.56 Å². The summed E-state index contributed by atoms with van der Waals surface area (Å²) in [5, 5.41) is 11.6. The number of nitrogens with one attached hydrogen (secondary N) is 1. The van der Waals surface area contributed by atoms with Gasteiger partial charge in [0.2, 0.25) is 0 Å². The highest BCUT2D eigenvalue weighted by atomic mass is 19.1. The van der Waals surface area contributed by atoms with Crippen molar-refractivity contribution in [1.82, 2.24) is 5.32 Å². The monoisotopic (exact) mass is 291 g/mol. The Morgan fingerprint density at radius 2 is 2.05 bits per heavy atom. The van der Waals surface area contributed by atoms with Gasteiger partial charge in [-0.2, -0.15) is 0 Å². The van der Waals surface area contributed by atoms with Gasteiger partial charge in [-0.05, 0) is 43.9 Å². The Balaban J connectivity index is 2.83. The summed E-state index contributed by atoms with van der Waals surface area (Å²) in [7, 11) is 0. The van der Waals surface area contributed by atoms with Crippen LogP contribution in [-0.4, -0.2) is 23.7 Å². The van der Waals surface area contributed by atoms with E-state index in [0.29, 0.717) is 11.5 Å². The van der Waals surface area contributed by atoms with Gasteiger partial charge in [0.1, 0.15) is 12.4 Å². The largest absolute Gasteiger partial charge is 0.384 e. The first-order valence-corrected chi connectivity index (χ1v) is 7.14. The van der Waals surface area contributed by atoms with E-state index in [4.69, 9.17) is 5.11 Å². The SMILES string of the molecule is CC(C)CCC(C)NC(=O)c1cc(F)ccc1C#CCO. The van der Waals surface area contributed by atoms with E-state index in [0.717, 1.165) is 12.8 Å². The molecule has 0 saturated heterocycles. The third kappa shape index (κ3) is 5.97. The third-order valence-electron chi connectivity index (χ3n) is 3.08. The number of amides is 1. The highest BCUT2D eigenvalue weighted by Crippen LogP contribution is 2.12. The van der Waals surface area contributed by atoms with Crippen LogP contribution in [0.15, 0.2) is 18.2 Å². The molecule has 1 aromatic carbocycles. The van der Waals surface area contributed by atoms with Gasteiger partial charge >= 0.3 is 0 Å². The van der Waals surface area contributed by atoms with E-state index in [1.165, 1.54) is 18.2 Å². The number of aliphatic hydroxyl groups is 1. The Morgan fingerprint density at radius 3 is 2.67 bits per heavy atom. The summed E-state index contributed by atoms with van der Waals surface area (Å²) in [6, 6.07) is 3.89. The molecule has 0 aliphatic carbocycles. The molecule has 1 amide bonds.